The maximum atomic E-state index is 11.5. The van der Waals surface area contributed by atoms with Gasteiger partial charge in [0.05, 0.1) is 11.7 Å². The molecular formula is C11H11N3O. The standard InChI is InChI=1S/C11H11N3O/c15-11(7-1-2-7)13-9-3-4-10-8(5-9)6-12-14-10/h3-7H,1-2H2,(H,12,14)(H,13,15). The van der Waals surface area contributed by atoms with Crippen LogP contribution in [0.15, 0.2) is 24.4 Å². The van der Waals surface area contributed by atoms with Crippen LogP contribution in [0.3, 0.4) is 0 Å². The predicted octanol–water partition coefficient (Wildman–Crippen LogP) is 1.91. The molecule has 1 aliphatic carbocycles. The molecule has 4 nitrogen and oxygen atoms in total. The van der Waals surface area contributed by atoms with E-state index in [-0.39, 0.29) is 11.8 Å². The first-order valence-electron chi connectivity index (χ1n) is 5.07. The van der Waals surface area contributed by atoms with Gasteiger partial charge in [0.15, 0.2) is 0 Å². The van der Waals surface area contributed by atoms with Gasteiger partial charge in [0.25, 0.3) is 0 Å². The molecule has 2 N–H and O–H groups in total. The lowest BCUT2D eigenvalue weighted by atomic mass is 10.2. The third kappa shape index (κ3) is 1.58. The zero-order chi connectivity index (χ0) is 10.3. The van der Waals surface area contributed by atoms with Crippen molar-refractivity contribution in [3.8, 4) is 0 Å². The fourth-order valence-corrected chi connectivity index (χ4v) is 1.61. The van der Waals surface area contributed by atoms with Gasteiger partial charge in [-0.1, -0.05) is 0 Å². The average Bonchev–Trinajstić information content (AvgIpc) is 2.98. The topological polar surface area (TPSA) is 57.8 Å². The number of amides is 1. The van der Waals surface area contributed by atoms with Crippen molar-refractivity contribution in [1.29, 1.82) is 0 Å². The number of hydrogen-bond acceptors (Lipinski definition) is 2. The molecule has 4 heteroatoms. The number of benzene rings is 1. The van der Waals surface area contributed by atoms with Gasteiger partial charge in [-0.05, 0) is 31.0 Å². The predicted molar refractivity (Wildman–Crippen MR) is 57.4 cm³/mol. The van der Waals surface area contributed by atoms with Crippen molar-refractivity contribution >= 4 is 22.5 Å². The van der Waals surface area contributed by atoms with E-state index in [0.717, 1.165) is 29.4 Å². The SMILES string of the molecule is O=C(Nc1ccc2[nH]ncc2c1)C1CC1. The van der Waals surface area contributed by atoms with Crippen molar-refractivity contribution in [1.82, 2.24) is 10.2 Å². The summed E-state index contributed by atoms with van der Waals surface area (Å²) in [5.74, 6) is 0.378. The second-order valence-corrected chi connectivity index (χ2v) is 3.94. The fraction of sp³-hybridized carbons (Fsp3) is 0.273. The summed E-state index contributed by atoms with van der Waals surface area (Å²) in [6.07, 6.45) is 3.81. The Morgan fingerprint density at radius 1 is 1.47 bits per heavy atom. The van der Waals surface area contributed by atoms with E-state index in [2.05, 4.69) is 15.5 Å². The highest BCUT2D eigenvalue weighted by Gasteiger charge is 2.29. The molecule has 76 valence electrons. The summed E-state index contributed by atoms with van der Waals surface area (Å²) in [4.78, 5) is 11.5. The highest BCUT2D eigenvalue weighted by molar-refractivity contribution is 5.96. The first-order chi connectivity index (χ1) is 7.33. The summed E-state index contributed by atoms with van der Waals surface area (Å²) in [7, 11) is 0. The van der Waals surface area contributed by atoms with Gasteiger partial charge in [0, 0.05) is 17.0 Å². The van der Waals surface area contributed by atoms with Gasteiger partial charge >= 0.3 is 0 Å². The molecule has 3 rings (SSSR count). The van der Waals surface area contributed by atoms with Crippen LogP contribution in [0.2, 0.25) is 0 Å². The van der Waals surface area contributed by atoms with Crippen LogP contribution < -0.4 is 5.32 Å². The molecule has 0 aliphatic heterocycles. The number of anilines is 1. The van der Waals surface area contributed by atoms with Crippen molar-refractivity contribution in [2.45, 2.75) is 12.8 Å². The fourth-order valence-electron chi connectivity index (χ4n) is 1.61. The molecule has 0 spiro atoms. The minimum atomic E-state index is 0.137. The van der Waals surface area contributed by atoms with Crippen LogP contribution in [-0.2, 0) is 4.79 Å². The number of rotatable bonds is 2. The third-order valence-corrected chi connectivity index (χ3v) is 2.66. The van der Waals surface area contributed by atoms with E-state index >= 15 is 0 Å². The smallest absolute Gasteiger partial charge is 0.227 e. The number of nitrogens with zero attached hydrogens (tertiary/aromatic N) is 1. The van der Waals surface area contributed by atoms with E-state index in [1.807, 2.05) is 18.2 Å². The van der Waals surface area contributed by atoms with Gasteiger partial charge in [-0.15, -0.1) is 0 Å². The lowest BCUT2D eigenvalue weighted by molar-refractivity contribution is -0.117. The zero-order valence-electron chi connectivity index (χ0n) is 8.16. The Bertz CT molecular complexity index is 513. The largest absolute Gasteiger partial charge is 0.326 e. The van der Waals surface area contributed by atoms with Crippen LogP contribution >= 0.6 is 0 Å². The van der Waals surface area contributed by atoms with E-state index in [4.69, 9.17) is 0 Å². The number of fused-ring (bicyclic) bond motifs is 1. The average molecular weight is 201 g/mol. The molecule has 1 aromatic carbocycles. The quantitative estimate of drug-likeness (QED) is 0.779. The minimum absolute atomic E-state index is 0.137. The zero-order valence-corrected chi connectivity index (χ0v) is 8.16. The highest BCUT2D eigenvalue weighted by Crippen LogP contribution is 2.30. The molecule has 0 unspecified atom stereocenters. The molecule has 1 aromatic heterocycles. The Kier molecular flexibility index (Phi) is 1.74. The first kappa shape index (κ1) is 8.47. The Morgan fingerprint density at radius 3 is 3.13 bits per heavy atom. The molecule has 2 aromatic rings. The van der Waals surface area contributed by atoms with Crippen molar-refractivity contribution < 1.29 is 4.79 Å². The van der Waals surface area contributed by atoms with Gasteiger partial charge in [0.1, 0.15) is 0 Å². The second kappa shape index (κ2) is 3.08. The second-order valence-electron chi connectivity index (χ2n) is 3.94. The number of hydrogen-bond donors (Lipinski definition) is 2. The molecule has 0 saturated heterocycles. The molecule has 1 aliphatic rings. The number of H-pyrrole nitrogens is 1. The van der Waals surface area contributed by atoms with E-state index in [9.17, 15) is 4.79 Å². The summed E-state index contributed by atoms with van der Waals surface area (Å²) in [5.41, 5.74) is 1.83. The van der Waals surface area contributed by atoms with Gasteiger partial charge in [-0.2, -0.15) is 5.10 Å². The van der Waals surface area contributed by atoms with Crippen LogP contribution in [0.5, 0.6) is 0 Å². The highest BCUT2D eigenvalue weighted by atomic mass is 16.2. The van der Waals surface area contributed by atoms with Crippen LogP contribution in [0.4, 0.5) is 5.69 Å². The van der Waals surface area contributed by atoms with Gasteiger partial charge in [-0.3, -0.25) is 9.89 Å². The van der Waals surface area contributed by atoms with E-state index in [1.54, 1.807) is 6.20 Å². The van der Waals surface area contributed by atoms with Crippen molar-refractivity contribution in [2.24, 2.45) is 5.92 Å². The van der Waals surface area contributed by atoms with Gasteiger partial charge < -0.3 is 5.32 Å². The molecule has 1 amide bonds. The van der Waals surface area contributed by atoms with Crippen LogP contribution in [0.1, 0.15) is 12.8 Å². The number of carbonyl (C=O) groups is 1. The summed E-state index contributed by atoms with van der Waals surface area (Å²) < 4.78 is 0. The molecule has 0 radical (unpaired) electrons. The normalized spacial score (nSPS) is 15.5. The Hall–Kier alpha value is -1.84. The maximum Gasteiger partial charge on any atom is 0.227 e. The monoisotopic (exact) mass is 201 g/mol. The maximum absolute atomic E-state index is 11.5. The lowest BCUT2D eigenvalue weighted by Crippen LogP contribution is -2.12. The van der Waals surface area contributed by atoms with Gasteiger partial charge in [0.2, 0.25) is 5.91 Å². The van der Waals surface area contributed by atoms with E-state index in [1.165, 1.54) is 0 Å². The summed E-state index contributed by atoms with van der Waals surface area (Å²) in [6, 6.07) is 5.74. The van der Waals surface area contributed by atoms with Crippen molar-refractivity contribution in [2.75, 3.05) is 5.32 Å². The Labute approximate surface area is 86.7 Å². The van der Waals surface area contributed by atoms with Crippen LogP contribution in [0.25, 0.3) is 10.9 Å². The molecule has 1 heterocycles. The first-order valence-corrected chi connectivity index (χ1v) is 5.07. The number of aromatic amines is 1. The van der Waals surface area contributed by atoms with Crippen LogP contribution in [0, 0.1) is 5.92 Å². The molecule has 1 saturated carbocycles. The summed E-state index contributed by atoms with van der Waals surface area (Å²) in [5, 5.41) is 10.7. The number of nitrogens with one attached hydrogen (secondary N) is 2. The van der Waals surface area contributed by atoms with E-state index in [0.29, 0.717) is 0 Å². The Balaban J connectivity index is 1.86. The molecule has 15 heavy (non-hydrogen) atoms. The number of carbonyl (C=O) groups excluding carboxylic acids is 1. The molecular weight excluding hydrogens is 190 g/mol. The lowest BCUT2D eigenvalue weighted by Gasteiger charge is -2.03. The molecule has 0 bridgehead atoms. The van der Waals surface area contributed by atoms with E-state index < -0.39 is 0 Å². The summed E-state index contributed by atoms with van der Waals surface area (Å²) >= 11 is 0. The molecule has 0 atom stereocenters. The Morgan fingerprint density at radius 2 is 2.33 bits per heavy atom. The number of aromatic nitrogens is 2. The van der Waals surface area contributed by atoms with Crippen molar-refractivity contribution in [3.05, 3.63) is 24.4 Å². The minimum Gasteiger partial charge on any atom is -0.326 e. The van der Waals surface area contributed by atoms with Gasteiger partial charge in [-0.25, -0.2) is 0 Å². The van der Waals surface area contributed by atoms with Crippen LogP contribution in [-0.4, -0.2) is 16.1 Å². The third-order valence-electron chi connectivity index (χ3n) is 2.66. The summed E-state index contributed by atoms with van der Waals surface area (Å²) in [6.45, 7) is 0. The van der Waals surface area contributed by atoms with Crippen molar-refractivity contribution in [3.63, 3.8) is 0 Å². The molecule has 1 fully saturated rings.